The highest BCUT2D eigenvalue weighted by Gasteiger charge is 2.24. The van der Waals surface area contributed by atoms with Crippen molar-refractivity contribution in [2.24, 2.45) is 5.10 Å². The number of amides is 1. The predicted octanol–water partition coefficient (Wildman–Crippen LogP) is 2.11. The third-order valence-electron chi connectivity index (χ3n) is 4.23. The molecule has 0 fully saturated rings. The summed E-state index contributed by atoms with van der Waals surface area (Å²) >= 11 is 3.39. The lowest BCUT2D eigenvalue weighted by Crippen LogP contribution is -2.39. The van der Waals surface area contributed by atoms with Crippen LogP contribution in [0.25, 0.3) is 0 Å². The molecular weight excluding hydrogens is 494 g/mol. The van der Waals surface area contributed by atoms with Crippen LogP contribution in [-0.2, 0) is 14.8 Å². The van der Waals surface area contributed by atoms with Gasteiger partial charge in [0.05, 0.1) is 32.4 Å². The van der Waals surface area contributed by atoms with Gasteiger partial charge in [0.15, 0.2) is 11.5 Å². The summed E-state index contributed by atoms with van der Waals surface area (Å²) in [6.07, 6.45) is 2.40. The van der Waals surface area contributed by atoms with Crippen LogP contribution in [0.5, 0.6) is 23.0 Å². The van der Waals surface area contributed by atoms with Gasteiger partial charge in [-0.3, -0.25) is 9.10 Å². The predicted molar refractivity (Wildman–Crippen MR) is 118 cm³/mol. The molecule has 2 aromatic carbocycles. The van der Waals surface area contributed by atoms with Crippen molar-refractivity contribution in [2.75, 3.05) is 38.1 Å². The Labute approximate surface area is 187 Å². The first-order valence-corrected chi connectivity index (χ1v) is 11.5. The summed E-state index contributed by atoms with van der Waals surface area (Å²) in [6.45, 7) is -0.365. The number of fused-ring (bicyclic) bond motifs is 1. The Bertz CT molecular complexity index is 1120. The molecule has 0 aliphatic carbocycles. The molecule has 0 bridgehead atoms. The van der Waals surface area contributed by atoms with Crippen LogP contribution < -0.4 is 28.7 Å². The first-order chi connectivity index (χ1) is 14.7. The standard InChI is InChI=1S/C19H20BrN3O7S/c1-27-13-4-5-15(16(7-13)28-2)23(31(3,25)26)10-19(24)22-21-9-12-6-17-18(8-14(12)20)30-11-29-17/h4-9H,10-11H2,1-3H3,(H,22,24)/b21-9+. The second-order valence-corrected chi connectivity index (χ2v) is 9.09. The second kappa shape index (κ2) is 9.43. The van der Waals surface area contributed by atoms with E-state index >= 15 is 0 Å². The molecule has 2 aromatic rings. The van der Waals surface area contributed by atoms with Crippen LogP contribution in [0.3, 0.4) is 0 Å². The molecule has 1 aliphatic rings. The van der Waals surface area contributed by atoms with Crippen molar-refractivity contribution in [2.45, 2.75) is 0 Å². The quantitative estimate of drug-likeness (QED) is 0.424. The summed E-state index contributed by atoms with van der Waals surface area (Å²) in [4.78, 5) is 12.4. The van der Waals surface area contributed by atoms with Crippen molar-refractivity contribution in [3.05, 3.63) is 40.4 Å². The van der Waals surface area contributed by atoms with Gasteiger partial charge in [-0.25, -0.2) is 13.8 Å². The van der Waals surface area contributed by atoms with Gasteiger partial charge in [-0.1, -0.05) is 0 Å². The van der Waals surface area contributed by atoms with Gasteiger partial charge >= 0.3 is 0 Å². The van der Waals surface area contributed by atoms with E-state index in [1.54, 1.807) is 18.2 Å². The summed E-state index contributed by atoms with van der Waals surface area (Å²) in [7, 11) is -0.920. The van der Waals surface area contributed by atoms with Gasteiger partial charge in [-0.2, -0.15) is 5.10 Å². The molecule has 1 heterocycles. The Morgan fingerprint density at radius 1 is 1.23 bits per heavy atom. The van der Waals surface area contributed by atoms with Gasteiger partial charge < -0.3 is 18.9 Å². The Morgan fingerprint density at radius 2 is 1.94 bits per heavy atom. The Morgan fingerprint density at radius 3 is 2.58 bits per heavy atom. The number of hydrogen-bond donors (Lipinski definition) is 1. The minimum Gasteiger partial charge on any atom is -0.497 e. The fraction of sp³-hybridized carbons (Fsp3) is 0.263. The Hall–Kier alpha value is -2.99. The summed E-state index contributed by atoms with van der Waals surface area (Å²) < 4.78 is 47.2. The van der Waals surface area contributed by atoms with Crippen LogP contribution in [0, 0.1) is 0 Å². The van der Waals surface area contributed by atoms with Gasteiger partial charge in [0.25, 0.3) is 5.91 Å². The lowest BCUT2D eigenvalue weighted by molar-refractivity contribution is -0.119. The average Bonchev–Trinajstić information content (AvgIpc) is 3.18. The van der Waals surface area contributed by atoms with E-state index in [1.165, 1.54) is 32.6 Å². The van der Waals surface area contributed by atoms with Crippen LogP contribution in [0.2, 0.25) is 0 Å². The number of anilines is 1. The minimum absolute atomic E-state index is 0.134. The largest absolute Gasteiger partial charge is 0.497 e. The fourth-order valence-electron chi connectivity index (χ4n) is 2.74. The zero-order valence-electron chi connectivity index (χ0n) is 16.9. The summed E-state index contributed by atoms with van der Waals surface area (Å²) in [5, 5.41) is 3.90. The molecule has 0 atom stereocenters. The zero-order chi connectivity index (χ0) is 22.6. The number of carbonyl (C=O) groups excluding carboxylic acids is 1. The topological polar surface area (TPSA) is 116 Å². The molecule has 0 saturated carbocycles. The van der Waals surface area contributed by atoms with Gasteiger partial charge in [0.2, 0.25) is 16.8 Å². The van der Waals surface area contributed by atoms with E-state index in [2.05, 4.69) is 26.5 Å². The molecular formula is C19H20BrN3O7S. The monoisotopic (exact) mass is 513 g/mol. The number of carbonyl (C=O) groups is 1. The highest BCUT2D eigenvalue weighted by atomic mass is 79.9. The third kappa shape index (κ3) is 5.39. The van der Waals surface area contributed by atoms with E-state index in [1.807, 2.05) is 0 Å². The van der Waals surface area contributed by atoms with E-state index in [-0.39, 0.29) is 18.2 Å². The van der Waals surface area contributed by atoms with Gasteiger partial charge in [0, 0.05) is 16.1 Å². The molecule has 0 radical (unpaired) electrons. The maximum absolute atomic E-state index is 12.4. The van der Waals surface area contributed by atoms with Crippen LogP contribution in [0.1, 0.15) is 5.56 Å². The van der Waals surface area contributed by atoms with Crippen molar-refractivity contribution < 1.29 is 32.2 Å². The zero-order valence-corrected chi connectivity index (χ0v) is 19.3. The molecule has 0 spiro atoms. The number of benzene rings is 2. The van der Waals surface area contributed by atoms with E-state index in [0.29, 0.717) is 27.3 Å². The molecule has 1 amide bonds. The highest BCUT2D eigenvalue weighted by molar-refractivity contribution is 9.10. The van der Waals surface area contributed by atoms with E-state index < -0.39 is 22.5 Å². The van der Waals surface area contributed by atoms with Gasteiger partial charge in [-0.15, -0.1) is 0 Å². The Kier molecular flexibility index (Phi) is 6.91. The molecule has 3 rings (SSSR count). The molecule has 166 valence electrons. The van der Waals surface area contributed by atoms with Crippen LogP contribution >= 0.6 is 15.9 Å². The van der Waals surface area contributed by atoms with Crippen LogP contribution in [0.15, 0.2) is 39.9 Å². The fourth-order valence-corrected chi connectivity index (χ4v) is 4.03. The van der Waals surface area contributed by atoms with E-state index in [4.69, 9.17) is 18.9 Å². The first kappa shape index (κ1) is 22.7. The highest BCUT2D eigenvalue weighted by Crippen LogP contribution is 2.36. The number of hydrazone groups is 1. The SMILES string of the molecule is COc1ccc(N(CC(=O)N/N=C/c2cc3c(cc2Br)OCO3)S(C)(=O)=O)c(OC)c1. The average molecular weight is 514 g/mol. The number of nitrogens with zero attached hydrogens (tertiary/aromatic N) is 2. The molecule has 1 N–H and O–H groups in total. The van der Waals surface area contributed by atoms with Crippen molar-refractivity contribution in [1.82, 2.24) is 5.43 Å². The first-order valence-electron chi connectivity index (χ1n) is 8.83. The maximum Gasteiger partial charge on any atom is 0.260 e. The second-order valence-electron chi connectivity index (χ2n) is 6.33. The smallest absolute Gasteiger partial charge is 0.260 e. The summed E-state index contributed by atoms with van der Waals surface area (Å²) in [5.41, 5.74) is 3.16. The summed E-state index contributed by atoms with van der Waals surface area (Å²) in [5.74, 6) is 1.25. The molecule has 0 unspecified atom stereocenters. The number of hydrogen-bond acceptors (Lipinski definition) is 8. The number of rotatable bonds is 8. The van der Waals surface area contributed by atoms with Gasteiger partial charge in [0.1, 0.15) is 18.0 Å². The lowest BCUT2D eigenvalue weighted by Gasteiger charge is -2.23. The number of nitrogens with one attached hydrogen (secondary N) is 1. The summed E-state index contributed by atoms with van der Waals surface area (Å²) in [6, 6.07) is 8.03. The minimum atomic E-state index is -3.79. The number of halogens is 1. The number of methoxy groups -OCH3 is 2. The molecule has 31 heavy (non-hydrogen) atoms. The Balaban J connectivity index is 1.75. The molecule has 10 nitrogen and oxygen atoms in total. The molecule has 12 heteroatoms. The van der Waals surface area contributed by atoms with E-state index in [0.717, 1.165) is 10.6 Å². The molecule has 1 aliphatic heterocycles. The van der Waals surface area contributed by atoms with Crippen molar-refractivity contribution in [1.29, 1.82) is 0 Å². The van der Waals surface area contributed by atoms with E-state index in [9.17, 15) is 13.2 Å². The van der Waals surface area contributed by atoms with Crippen molar-refractivity contribution in [3.63, 3.8) is 0 Å². The normalized spacial score (nSPS) is 12.6. The lowest BCUT2D eigenvalue weighted by atomic mass is 10.2. The van der Waals surface area contributed by atoms with Gasteiger partial charge in [-0.05, 0) is 40.2 Å². The third-order valence-corrected chi connectivity index (χ3v) is 6.04. The number of sulfonamides is 1. The van der Waals surface area contributed by atoms with Crippen LogP contribution in [0.4, 0.5) is 5.69 Å². The van der Waals surface area contributed by atoms with Crippen molar-refractivity contribution >= 4 is 43.8 Å². The van der Waals surface area contributed by atoms with Crippen LogP contribution in [-0.4, -0.2) is 54.4 Å². The molecule has 0 aromatic heterocycles. The molecule has 0 saturated heterocycles. The maximum atomic E-state index is 12.4. The van der Waals surface area contributed by atoms with Crippen molar-refractivity contribution in [3.8, 4) is 23.0 Å². The number of ether oxygens (including phenoxy) is 4.